The smallest absolute Gasteiger partial charge is 0.850 e. The second-order valence-corrected chi connectivity index (χ2v) is 7.19. The van der Waals surface area contributed by atoms with E-state index in [0.29, 0.717) is 0 Å². The van der Waals surface area contributed by atoms with Crippen molar-refractivity contribution >= 4 is 29.7 Å². The van der Waals surface area contributed by atoms with E-state index in [4.69, 9.17) is 0 Å². The molecule has 0 aromatic carbocycles. The van der Waals surface area contributed by atoms with E-state index in [1.54, 1.807) is 0 Å². The average molecular weight is 336 g/mol. The third-order valence-electron chi connectivity index (χ3n) is 1.35. The summed E-state index contributed by atoms with van der Waals surface area (Å²) >= 11 is 7.28. The van der Waals surface area contributed by atoms with Gasteiger partial charge >= 0.3 is 21.1 Å². The molecular formula is C8H17MoO2PS2. The van der Waals surface area contributed by atoms with Crippen molar-refractivity contribution in [2.24, 2.45) is 0 Å². The largest absolute Gasteiger partial charge is 4.00 e. The Labute approximate surface area is 112 Å². The van der Waals surface area contributed by atoms with E-state index in [2.05, 4.69) is 37.9 Å². The Hall–Kier alpha value is 1.61. The van der Waals surface area contributed by atoms with E-state index in [0.717, 1.165) is 6.42 Å². The Balaban J connectivity index is -0.000000177. The summed E-state index contributed by atoms with van der Waals surface area (Å²) < 4.78 is 0. The molecular weight excluding hydrogens is 319 g/mol. The van der Waals surface area contributed by atoms with Gasteiger partial charge in [0.05, 0.1) is 0 Å². The Kier molecular flexibility index (Phi) is 21.9. The molecule has 84 valence electrons. The fourth-order valence-electron chi connectivity index (χ4n) is 0.780. The van der Waals surface area contributed by atoms with Gasteiger partial charge in [-0.05, 0) is 0 Å². The van der Waals surface area contributed by atoms with Crippen molar-refractivity contribution in [1.29, 1.82) is 0 Å². The first-order valence-electron chi connectivity index (χ1n) is 4.44. The van der Waals surface area contributed by atoms with E-state index in [9.17, 15) is 9.79 Å². The SMILES string of the molecule is [CH2-]CCCCCCC.[Mo+4].[O-]P([O-])(=S)[S-]. The first-order valence-corrected chi connectivity index (χ1v) is 8.09. The molecule has 0 saturated carbocycles. The van der Waals surface area contributed by atoms with Gasteiger partial charge < -0.3 is 34.7 Å². The molecule has 0 aliphatic rings. The Morgan fingerprint density at radius 3 is 1.86 bits per heavy atom. The molecule has 0 amide bonds. The van der Waals surface area contributed by atoms with Crippen LogP contribution in [0.5, 0.6) is 0 Å². The zero-order chi connectivity index (χ0) is 10.7. The standard InChI is InChI=1S/C8H17.Mo.H3O2PS2/c1-3-5-7-8-6-4-2;;1-3(2,4)5/h1,3-8H2,2H3;;(H3,1,2,4,5)/q-1;+4;/p-3. The summed E-state index contributed by atoms with van der Waals surface area (Å²) in [5, 5.41) is 0. The maximum Gasteiger partial charge on any atom is 4.00 e. The van der Waals surface area contributed by atoms with Crippen molar-refractivity contribution in [2.45, 2.75) is 45.4 Å². The van der Waals surface area contributed by atoms with Crippen LogP contribution >= 0.6 is 5.69 Å². The topological polar surface area (TPSA) is 46.1 Å². The molecule has 0 aromatic heterocycles. The Morgan fingerprint density at radius 1 is 1.21 bits per heavy atom. The van der Waals surface area contributed by atoms with Gasteiger partial charge in [0, 0.05) is 0 Å². The van der Waals surface area contributed by atoms with E-state index in [-0.39, 0.29) is 21.1 Å². The predicted octanol–water partition coefficient (Wildman–Crippen LogP) is 1.66. The Morgan fingerprint density at radius 2 is 1.57 bits per heavy atom. The van der Waals surface area contributed by atoms with E-state index in [1.165, 1.54) is 32.1 Å². The first kappa shape index (κ1) is 21.0. The molecule has 0 saturated heterocycles. The maximum absolute atomic E-state index is 9.29. The van der Waals surface area contributed by atoms with Crippen molar-refractivity contribution in [3.63, 3.8) is 0 Å². The van der Waals surface area contributed by atoms with Gasteiger partial charge in [0.1, 0.15) is 0 Å². The van der Waals surface area contributed by atoms with Crippen molar-refractivity contribution < 1.29 is 30.9 Å². The molecule has 0 bridgehead atoms. The molecule has 0 aliphatic heterocycles. The van der Waals surface area contributed by atoms with Gasteiger partial charge in [0.2, 0.25) is 0 Å². The van der Waals surface area contributed by atoms with Crippen LogP contribution in [0.1, 0.15) is 45.4 Å². The summed E-state index contributed by atoms with van der Waals surface area (Å²) in [7, 11) is 0. The summed E-state index contributed by atoms with van der Waals surface area (Å²) in [5.74, 6) is 0. The fraction of sp³-hybridized carbons (Fsp3) is 0.875. The van der Waals surface area contributed by atoms with Crippen LogP contribution in [0.4, 0.5) is 0 Å². The number of rotatable bonds is 5. The average Bonchev–Trinajstić information content (AvgIpc) is 1.95. The minimum atomic E-state index is -3.72. The van der Waals surface area contributed by atoms with Gasteiger partial charge in [-0.1, -0.05) is 39.0 Å². The van der Waals surface area contributed by atoms with Crippen molar-refractivity contribution in [3.8, 4) is 0 Å². The summed E-state index contributed by atoms with van der Waals surface area (Å²) in [6.07, 6.45) is 7.98. The van der Waals surface area contributed by atoms with Gasteiger partial charge in [-0.25, -0.2) is 0 Å². The van der Waals surface area contributed by atoms with E-state index >= 15 is 0 Å². The monoisotopic (exact) mass is 338 g/mol. The summed E-state index contributed by atoms with van der Waals surface area (Å²) in [6, 6.07) is 0. The molecule has 0 radical (unpaired) electrons. The molecule has 0 heterocycles. The third kappa shape index (κ3) is 49.5. The molecule has 0 aliphatic carbocycles. The molecule has 0 fully saturated rings. The summed E-state index contributed by atoms with van der Waals surface area (Å²) in [5.41, 5.74) is -3.72. The van der Waals surface area contributed by atoms with Gasteiger partial charge in [0.25, 0.3) is 0 Å². The Bertz CT molecular complexity index is 127. The van der Waals surface area contributed by atoms with Crippen LogP contribution in [0.2, 0.25) is 0 Å². The van der Waals surface area contributed by atoms with Crippen molar-refractivity contribution in [3.05, 3.63) is 6.92 Å². The van der Waals surface area contributed by atoms with Gasteiger partial charge in [-0.2, -0.15) is 18.2 Å². The molecule has 0 spiro atoms. The number of hydrogen-bond donors (Lipinski definition) is 0. The van der Waals surface area contributed by atoms with Crippen LogP contribution < -0.4 is 9.79 Å². The quantitative estimate of drug-likeness (QED) is 0.252. The maximum atomic E-state index is 9.29. The van der Waals surface area contributed by atoms with Crippen LogP contribution in [-0.4, -0.2) is 0 Å². The molecule has 0 atom stereocenters. The predicted molar refractivity (Wildman–Crippen MR) is 60.4 cm³/mol. The van der Waals surface area contributed by atoms with Crippen LogP contribution in [-0.2, 0) is 45.1 Å². The number of unbranched alkanes of at least 4 members (excludes halogenated alkanes) is 5. The summed E-state index contributed by atoms with van der Waals surface area (Å²) in [6.45, 7) is 6.02. The van der Waals surface area contributed by atoms with Crippen LogP contribution in [0.15, 0.2) is 0 Å². The second kappa shape index (κ2) is 14.6. The van der Waals surface area contributed by atoms with Gasteiger partial charge in [-0.15, -0.1) is 0 Å². The molecule has 6 heteroatoms. The molecule has 0 unspecified atom stereocenters. The molecule has 0 aromatic rings. The van der Waals surface area contributed by atoms with Crippen LogP contribution in [0.3, 0.4) is 0 Å². The molecule has 2 nitrogen and oxygen atoms in total. The zero-order valence-electron chi connectivity index (χ0n) is 8.44. The third-order valence-corrected chi connectivity index (χ3v) is 1.35. The second-order valence-electron chi connectivity index (χ2n) is 2.71. The zero-order valence-corrected chi connectivity index (χ0v) is 13.0. The van der Waals surface area contributed by atoms with Crippen molar-refractivity contribution in [2.75, 3.05) is 0 Å². The molecule has 14 heavy (non-hydrogen) atoms. The first-order chi connectivity index (χ1) is 5.91. The molecule has 0 N–H and O–H groups in total. The minimum absolute atomic E-state index is 0. The number of hydrogen-bond acceptors (Lipinski definition) is 4. The minimum Gasteiger partial charge on any atom is -0.850 e. The van der Waals surface area contributed by atoms with Gasteiger partial charge in [0.15, 0.2) is 0 Å². The van der Waals surface area contributed by atoms with Gasteiger partial charge in [-0.3, -0.25) is 0 Å². The fourth-order valence-corrected chi connectivity index (χ4v) is 0.780. The van der Waals surface area contributed by atoms with Crippen LogP contribution in [0, 0.1) is 6.92 Å². The summed E-state index contributed by atoms with van der Waals surface area (Å²) in [4.78, 5) is 18.6. The van der Waals surface area contributed by atoms with Crippen molar-refractivity contribution in [1.82, 2.24) is 0 Å². The van der Waals surface area contributed by atoms with E-state index in [1.807, 2.05) is 0 Å². The molecule has 0 rings (SSSR count). The van der Waals surface area contributed by atoms with E-state index < -0.39 is 5.69 Å². The normalized spacial score (nSPS) is 9.79. The van der Waals surface area contributed by atoms with Crippen LogP contribution in [0.25, 0.3) is 0 Å².